The molecule has 0 spiro atoms. The highest BCUT2D eigenvalue weighted by atomic mass is 28.4. The summed E-state index contributed by atoms with van der Waals surface area (Å²) in [6, 6.07) is 0.936. The van der Waals surface area contributed by atoms with E-state index >= 15 is 0 Å². The molecule has 124 valence electrons. The third-order valence-electron chi connectivity index (χ3n) is 3.27. The molecule has 0 unspecified atom stereocenters. The zero-order valence-corrected chi connectivity index (χ0v) is 15.2. The van der Waals surface area contributed by atoms with Gasteiger partial charge in [0.1, 0.15) is 0 Å². The Morgan fingerprint density at radius 3 is 1.40 bits per heavy atom. The average Bonchev–Trinajstić information content (AvgIpc) is 2.47. The van der Waals surface area contributed by atoms with Crippen LogP contribution >= 0.6 is 0 Å². The number of aliphatic hydroxyl groups excluding tert-OH is 1. The van der Waals surface area contributed by atoms with E-state index in [1.54, 1.807) is 28.3 Å². The SMILES string of the molecule is CCCCCCCCCC[Si](OC)(OC)OC.CCO. The first-order valence-corrected chi connectivity index (χ1v) is 9.85. The summed E-state index contributed by atoms with van der Waals surface area (Å²) in [7, 11) is 2.75. The normalized spacial score (nSPS) is 11.1. The van der Waals surface area contributed by atoms with Crippen LogP contribution in [0.25, 0.3) is 0 Å². The highest BCUT2D eigenvalue weighted by Gasteiger charge is 2.36. The summed E-state index contributed by atoms with van der Waals surface area (Å²) in [6.45, 7) is 4.18. The third-order valence-corrected chi connectivity index (χ3v) is 6.10. The Hall–Kier alpha value is 0.0569. The number of hydrogen-bond donors (Lipinski definition) is 1. The van der Waals surface area contributed by atoms with Crippen molar-refractivity contribution in [2.24, 2.45) is 0 Å². The molecule has 0 saturated carbocycles. The molecule has 0 fully saturated rings. The van der Waals surface area contributed by atoms with Crippen molar-refractivity contribution in [2.45, 2.75) is 71.3 Å². The molecule has 0 aromatic carbocycles. The van der Waals surface area contributed by atoms with Gasteiger partial charge in [-0.05, 0) is 13.3 Å². The molecule has 0 amide bonds. The van der Waals surface area contributed by atoms with Gasteiger partial charge < -0.3 is 18.4 Å². The minimum atomic E-state index is -2.30. The molecule has 0 aliphatic carbocycles. The van der Waals surface area contributed by atoms with Crippen molar-refractivity contribution in [3.05, 3.63) is 0 Å². The number of hydrogen-bond acceptors (Lipinski definition) is 4. The van der Waals surface area contributed by atoms with Crippen molar-refractivity contribution in [1.29, 1.82) is 0 Å². The maximum atomic E-state index is 7.57. The Morgan fingerprint density at radius 1 is 0.700 bits per heavy atom. The summed E-state index contributed by atoms with van der Waals surface area (Å²) in [5.74, 6) is 0. The Bertz CT molecular complexity index is 167. The molecule has 0 aromatic heterocycles. The van der Waals surface area contributed by atoms with Crippen LogP contribution in [-0.2, 0) is 13.3 Å². The lowest BCUT2D eigenvalue weighted by molar-refractivity contribution is 0.122. The van der Waals surface area contributed by atoms with Crippen LogP contribution in [-0.4, -0.2) is 41.8 Å². The summed E-state index contributed by atoms with van der Waals surface area (Å²) in [5, 5.41) is 7.57. The Balaban J connectivity index is 0. The van der Waals surface area contributed by atoms with Crippen LogP contribution in [0.15, 0.2) is 0 Å². The fourth-order valence-electron chi connectivity index (χ4n) is 2.03. The maximum Gasteiger partial charge on any atom is 0.500 e. The van der Waals surface area contributed by atoms with Gasteiger partial charge in [-0.3, -0.25) is 0 Å². The summed E-state index contributed by atoms with van der Waals surface area (Å²) in [5.41, 5.74) is 0. The molecule has 0 aliphatic rings. The van der Waals surface area contributed by atoms with Crippen LogP contribution in [0.2, 0.25) is 6.04 Å². The third kappa shape index (κ3) is 13.1. The van der Waals surface area contributed by atoms with E-state index in [-0.39, 0.29) is 6.61 Å². The topological polar surface area (TPSA) is 47.9 Å². The minimum Gasteiger partial charge on any atom is -0.397 e. The predicted molar refractivity (Wildman–Crippen MR) is 87.0 cm³/mol. The molecule has 0 heterocycles. The van der Waals surface area contributed by atoms with E-state index in [1.165, 1.54) is 44.9 Å². The van der Waals surface area contributed by atoms with Crippen LogP contribution < -0.4 is 0 Å². The van der Waals surface area contributed by atoms with Crippen molar-refractivity contribution in [3.8, 4) is 0 Å². The van der Waals surface area contributed by atoms with Crippen LogP contribution in [0.1, 0.15) is 65.2 Å². The summed E-state index contributed by atoms with van der Waals surface area (Å²) in [4.78, 5) is 0. The van der Waals surface area contributed by atoms with Gasteiger partial charge in [-0.25, -0.2) is 0 Å². The van der Waals surface area contributed by atoms with E-state index < -0.39 is 8.80 Å². The molecule has 0 atom stereocenters. The van der Waals surface area contributed by atoms with E-state index in [2.05, 4.69) is 6.92 Å². The summed E-state index contributed by atoms with van der Waals surface area (Å²) in [6.07, 6.45) is 10.6. The molecule has 0 radical (unpaired) electrons. The summed E-state index contributed by atoms with van der Waals surface area (Å²) >= 11 is 0. The lowest BCUT2D eigenvalue weighted by Gasteiger charge is -2.24. The molecular weight excluding hydrogens is 272 g/mol. The lowest BCUT2D eigenvalue weighted by atomic mass is 10.1. The second-order valence-electron chi connectivity index (χ2n) is 4.84. The molecule has 4 nitrogen and oxygen atoms in total. The van der Waals surface area contributed by atoms with Gasteiger partial charge in [0.25, 0.3) is 0 Å². The Kier molecular flexibility index (Phi) is 19.1. The van der Waals surface area contributed by atoms with Crippen molar-refractivity contribution < 1.29 is 18.4 Å². The van der Waals surface area contributed by atoms with E-state index in [9.17, 15) is 0 Å². The van der Waals surface area contributed by atoms with Crippen molar-refractivity contribution in [3.63, 3.8) is 0 Å². The van der Waals surface area contributed by atoms with Gasteiger partial charge in [0.05, 0.1) is 0 Å². The molecule has 20 heavy (non-hydrogen) atoms. The van der Waals surface area contributed by atoms with Crippen molar-refractivity contribution in [2.75, 3.05) is 27.9 Å². The van der Waals surface area contributed by atoms with Gasteiger partial charge in [-0.2, -0.15) is 0 Å². The number of aliphatic hydroxyl groups is 1. The molecule has 0 aromatic rings. The monoisotopic (exact) mass is 308 g/mol. The first kappa shape index (κ1) is 22.3. The molecule has 5 heteroatoms. The van der Waals surface area contributed by atoms with Gasteiger partial charge in [-0.15, -0.1) is 0 Å². The van der Waals surface area contributed by atoms with Gasteiger partial charge in [0, 0.05) is 34.0 Å². The number of unbranched alkanes of at least 4 members (excludes halogenated alkanes) is 7. The minimum absolute atomic E-state index is 0.250. The smallest absolute Gasteiger partial charge is 0.397 e. The fraction of sp³-hybridized carbons (Fsp3) is 1.00. The highest BCUT2D eigenvalue weighted by molar-refractivity contribution is 6.60. The van der Waals surface area contributed by atoms with E-state index in [0.717, 1.165) is 12.5 Å². The van der Waals surface area contributed by atoms with Gasteiger partial charge in [0.15, 0.2) is 0 Å². The van der Waals surface area contributed by atoms with Crippen molar-refractivity contribution in [1.82, 2.24) is 0 Å². The van der Waals surface area contributed by atoms with Crippen LogP contribution in [0.4, 0.5) is 0 Å². The van der Waals surface area contributed by atoms with Gasteiger partial charge >= 0.3 is 8.80 Å². The first-order chi connectivity index (χ1) is 9.66. The van der Waals surface area contributed by atoms with E-state index in [0.29, 0.717) is 0 Å². The lowest BCUT2D eigenvalue weighted by Crippen LogP contribution is -2.42. The molecule has 0 aliphatic heterocycles. The molecule has 1 N–H and O–H groups in total. The van der Waals surface area contributed by atoms with Crippen LogP contribution in [0.5, 0.6) is 0 Å². The van der Waals surface area contributed by atoms with E-state index in [1.807, 2.05) is 0 Å². The Morgan fingerprint density at radius 2 is 1.05 bits per heavy atom. The zero-order chi connectivity index (χ0) is 15.7. The second-order valence-corrected chi connectivity index (χ2v) is 7.93. The van der Waals surface area contributed by atoms with Crippen LogP contribution in [0, 0.1) is 0 Å². The standard InChI is InChI=1S/C13H30O3Si.C2H6O/c1-5-6-7-8-9-10-11-12-13-17(14-2,15-3)16-4;1-2-3/h5-13H2,1-4H3;3H,2H2,1H3. The van der Waals surface area contributed by atoms with E-state index in [4.69, 9.17) is 18.4 Å². The Labute approximate surface area is 127 Å². The quantitative estimate of drug-likeness (QED) is 0.437. The molecule has 0 rings (SSSR count). The second kappa shape index (κ2) is 17.1. The highest BCUT2D eigenvalue weighted by Crippen LogP contribution is 2.18. The molecule has 0 bridgehead atoms. The average molecular weight is 309 g/mol. The number of rotatable bonds is 12. The predicted octanol–water partition coefficient (Wildman–Crippen LogP) is 4.00. The molecular formula is C15H36O4Si. The van der Waals surface area contributed by atoms with Gasteiger partial charge in [-0.1, -0.05) is 51.9 Å². The fourth-order valence-corrected chi connectivity index (χ4v) is 3.83. The van der Waals surface area contributed by atoms with Gasteiger partial charge in [0.2, 0.25) is 0 Å². The maximum absolute atomic E-state index is 7.57. The molecule has 0 saturated heterocycles. The van der Waals surface area contributed by atoms with Crippen LogP contribution in [0.3, 0.4) is 0 Å². The van der Waals surface area contributed by atoms with Crippen molar-refractivity contribution >= 4 is 8.80 Å². The zero-order valence-electron chi connectivity index (χ0n) is 14.2. The summed E-state index contributed by atoms with van der Waals surface area (Å²) < 4.78 is 16.2. The largest absolute Gasteiger partial charge is 0.500 e. The first-order valence-electron chi connectivity index (χ1n) is 7.92.